The van der Waals surface area contributed by atoms with E-state index in [0.29, 0.717) is 11.7 Å². The zero-order valence-electron chi connectivity index (χ0n) is 11.4. The topological polar surface area (TPSA) is 63.6 Å². The number of H-pyrrole nitrogens is 1. The fraction of sp³-hybridized carbons (Fsp3) is 0.500. The standard InChI is InChI=1S/C14H17IN4O/c1-2-19-8-10(7-16-19)13-17-12(9-5-3-4-6-9)11(15)14(20)18-13/h7-9H,2-6H2,1H3,(H,17,18,20). The average Bonchev–Trinajstić information content (AvgIpc) is 3.11. The number of aromatic amines is 1. The molecular weight excluding hydrogens is 367 g/mol. The van der Waals surface area contributed by atoms with Crippen molar-refractivity contribution in [2.24, 2.45) is 0 Å². The molecule has 0 amide bonds. The van der Waals surface area contributed by atoms with Crippen LogP contribution in [0.3, 0.4) is 0 Å². The predicted molar refractivity (Wildman–Crippen MR) is 85.7 cm³/mol. The molecule has 0 aliphatic heterocycles. The summed E-state index contributed by atoms with van der Waals surface area (Å²) in [4.78, 5) is 19.7. The highest BCUT2D eigenvalue weighted by Crippen LogP contribution is 2.34. The van der Waals surface area contributed by atoms with E-state index in [2.05, 4.69) is 32.7 Å². The van der Waals surface area contributed by atoms with Crippen molar-refractivity contribution in [2.45, 2.75) is 45.1 Å². The van der Waals surface area contributed by atoms with E-state index in [4.69, 9.17) is 4.98 Å². The normalized spacial score (nSPS) is 15.9. The molecule has 0 unspecified atom stereocenters. The van der Waals surface area contributed by atoms with Crippen LogP contribution in [0.25, 0.3) is 11.4 Å². The maximum atomic E-state index is 12.1. The Morgan fingerprint density at radius 3 is 2.85 bits per heavy atom. The predicted octanol–water partition coefficient (Wildman–Crippen LogP) is 2.92. The lowest BCUT2D eigenvalue weighted by Crippen LogP contribution is -2.17. The van der Waals surface area contributed by atoms with Gasteiger partial charge in [-0.1, -0.05) is 12.8 Å². The molecule has 3 rings (SSSR count). The highest BCUT2D eigenvalue weighted by atomic mass is 127. The molecule has 0 aromatic carbocycles. The molecule has 6 heteroatoms. The minimum Gasteiger partial charge on any atom is -0.306 e. The summed E-state index contributed by atoms with van der Waals surface area (Å²) in [5, 5.41) is 4.24. The monoisotopic (exact) mass is 384 g/mol. The lowest BCUT2D eigenvalue weighted by Gasteiger charge is -2.11. The van der Waals surface area contributed by atoms with Gasteiger partial charge in [0.1, 0.15) is 5.82 Å². The minimum atomic E-state index is -0.0400. The second kappa shape index (κ2) is 5.67. The quantitative estimate of drug-likeness (QED) is 0.828. The molecule has 1 aliphatic carbocycles. The molecule has 0 saturated heterocycles. The summed E-state index contributed by atoms with van der Waals surface area (Å²) in [7, 11) is 0. The van der Waals surface area contributed by atoms with E-state index >= 15 is 0 Å². The number of nitrogens with zero attached hydrogens (tertiary/aromatic N) is 3. The lowest BCUT2D eigenvalue weighted by atomic mass is 10.0. The number of hydrogen-bond acceptors (Lipinski definition) is 3. The molecule has 106 valence electrons. The summed E-state index contributed by atoms with van der Waals surface area (Å²) in [6, 6.07) is 0. The number of aryl methyl sites for hydroxylation is 1. The maximum absolute atomic E-state index is 12.1. The first-order chi connectivity index (χ1) is 9.69. The Morgan fingerprint density at radius 1 is 1.45 bits per heavy atom. The fourth-order valence-electron chi connectivity index (χ4n) is 2.74. The van der Waals surface area contributed by atoms with Gasteiger partial charge in [-0.3, -0.25) is 9.48 Å². The van der Waals surface area contributed by atoms with Gasteiger partial charge in [-0.15, -0.1) is 0 Å². The summed E-state index contributed by atoms with van der Waals surface area (Å²) < 4.78 is 2.57. The van der Waals surface area contributed by atoms with Gasteiger partial charge in [0, 0.05) is 18.7 Å². The third-order valence-corrected chi connectivity index (χ3v) is 4.90. The Morgan fingerprint density at radius 2 is 2.20 bits per heavy atom. The van der Waals surface area contributed by atoms with Crippen LogP contribution < -0.4 is 5.56 Å². The first-order valence-corrected chi connectivity index (χ1v) is 8.09. The van der Waals surface area contributed by atoms with Crippen molar-refractivity contribution in [3.05, 3.63) is 32.0 Å². The van der Waals surface area contributed by atoms with E-state index < -0.39 is 0 Å². The van der Waals surface area contributed by atoms with Gasteiger partial charge in [0.15, 0.2) is 0 Å². The van der Waals surface area contributed by atoms with E-state index in [0.717, 1.165) is 34.2 Å². The Bertz CT molecular complexity index is 670. The van der Waals surface area contributed by atoms with Crippen molar-refractivity contribution in [2.75, 3.05) is 0 Å². The summed E-state index contributed by atoms with van der Waals surface area (Å²) >= 11 is 2.12. The second-order valence-corrected chi connectivity index (χ2v) is 6.26. The molecule has 0 spiro atoms. The van der Waals surface area contributed by atoms with Crippen LogP contribution in [0.5, 0.6) is 0 Å². The molecule has 20 heavy (non-hydrogen) atoms. The third-order valence-electron chi connectivity index (χ3n) is 3.86. The zero-order valence-corrected chi connectivity index (χ0v) is 13.6. The van der Waals surface area contributed by atoms with Crippen molar-refractivity contribution < 1.29 is 0 Å². The SMILES string of the molecule is CCn1cc(-c2nc(C3CCCC3)c(I)c(=O)[nH]2)cn1. The number of hydrogen-bond donors (Lipinski definition) is 1. The van der Waals surface area contributed by atoms with Crippen LogP contribution in [0.15, 0.2) is 17.2 Å². The molecule has 1 N–H and O–H groups in total. The van der Waals surface area contributed by atoms with E-state index in [-0.39, 0.29) is 5.56 Å². The Balaban J connectivity index is 2.05. The van der Waals surface area contributed by atoms with Crippen molar-refractivity contribution in [1.82, 2.24) is 19.7 Å². The minimum absolute atomic E-state index is 0.0400. The summed E-state index contributed by atoms with van der Waals surface area (Å²) in [5.74, 6) is 1.07. The Kier molecular flexibility index (Phi) is 3.91. The van der Waals surface area contributed by atoms with Crippen LogP contribution in [-0.2, 0) is 6.54 Å². The zero-order chi connectivity index (χ0) is 14.1. The van der Waals surface area contributed by atoms with Crippen LogP contribution in [0, 0.1) is 3.57 Å². The largest absolute Gasteiger partial charge is 0.306 e. The highest BCUT2D eigenvalue weighted by molar-refractivity contribution is 14.1. The maximum Gasteiger partial charge on any atom is 0.264 e. The van der Waals surface area contributed by atoms with Crippen molar-refractivity contribution in [1.29, 1.82) is 0 Å². The summed E-state index contributed by atoms with van der Waals surface area (Å²) in [6.07, 6.45) is 8.42. The van der Waals surface area contributed by atoms with Crippen molar-refractivity contribution in [3.63, 3.8) is 0 Å². The number of rotatable bonds is 3. The fourth-order valence-corrected chi connectivity index (χ4v) is 3.44. The molecule has 1 saturated carbocycles. The molecule has 5 nitrogen and oxygen atoms in total. The van der Waals surface area contributed by atoms with Gasteiger partial charge in [-0.2, -0.15) is 5.10 Å². The summed E-state index contributed by atoms with van der Waals surface area (Å²) in [6.45, 7) is 2.84. The van der Waals surface area contributed by atoms with Gasteiger partial charge >= 0.3 is 0 Å². The molecule has 2 aromatic rings. The van der Waals surface area contributed by atoms with Gasteiger partial charge in [0.2, 0.25) is 0 Å². The van der Waals surface area contributed by atoms with Gasteiger partial charge in [-0.25, -0.2) is 4.98 Å². The van der Waals surface area contributed by atoms with E-state index in [9.17, 15) is 4.79 Å². The molecule has 0 bridgehead atoms. The first kappa shape index (κ1) is 13.8. The highest BCUT2D eigenvalue weighted by Gasteiger charge is 2.23. The molecule has 0 atom stereocenters. The number of aromatic nitrogens is 4. The van der Waals surface area contributed by atoms with Crippen LogP contribution >= 0.6 is 22.6 Å². The molecule has 1 fully saturated rings. The number of halogens is 1. The third kappa shape index (κ3) is 2.53. The van der Waals surface area contributed by atoms with Crippen LogP contribution in [0.2, 0.25) is 0 Å². The van der Waals surface area contributed by atoms with Crippen molar-refractivity contribution >= 4 is 22.6 Å². The van der Waals surface area contributed by atoms with Crippen LogP contribution in [0.4, 0.5) is 0 Å². The van der Waals surface area contributed by atoms with E-state index in [1.807, 2.05) is 17.8 Å². The molecule has 2 heterocycles. The van der Waals surface area contributed by atoms with E-state index in [1.165, 1.54) is 12.8 Å². The molecule has 1 aliphatic rings. The Hall–Kier alpha value is -1.18. The van der Waals surface area contributed by atoms with Crippen LogP contribution in [0.1, 0.15) is 44.2 Å². The van der Waals surface area contributed by atoms with Crippen LogP contribution in [-0.4, -0.2) is 19.7 Å². The lowest BCUT2D eigenvalue weighted by molar-refractivity contribution is 0.660. The summed E-state index contributed by atoms with van der Waals surface area (Å²) in [5.41, 5.74) is 1.80. The smallest absolute Gasteiger partial charge is 0.264 e. The van der Waals surface area contributed by atoms with E-state index in [1.54, 1.807) is 6.20 Å². The van der Waals surface area contributed by atoms with Crippen molar-refractivity contribution in [3.8, 4) is 11.4 Å². The molecule has 0 radical (unpaired) electrons. The second-order valence-electron chi connectivity index (χ2n) is 5.18. The molecule has 2 aromatic heterocycles. The van der Waals surface area contributed by atoms with Gasteiger partial charge in [0.05, 0.1) is 21.0 Å². The van der Waals surface area contributed by atoms with Gasteiger partial charge in [-0.05, 0) is 42.4 Å². The van der Waals surface area contributed by atoms with Gasteiger partial charge < -0.3 is 4.98 Å². The number of nitrogens with one attached hydrogen (secondary N) is 1. The Labute approximate surface area is 131 Å². The average molecular weight is 384 g/mol. The van der Waals surface area contributed by atoms with Gasteiger partial charge in [0.25, 0.3) is 5.56 Å². The molecular formula is C14H17IN4O. The first-order valence-electron chi connectivity index (χ1n) is 7.01.